The van der Waals surface area contributed by atoms with Crippen molar-refractivity contribution < 1.29 is 17.9 Å². The van der Waals surface area contributed by atoms with Crippen molar-refractivity contribution in [3.05, 3.63) is 35.4 Å². The SMILES string of the molecule is CC(=O)OC1CCNC(Cc2ccc(C[SH](=O)=O)cc2)C1. The Hall–Kier alpha value is -1.40. The molecule has 0 radical (unpaired) electrons. The van der Waals surface area contributed by atoms with Crippen molar-refractivity contribution in [3.8, 4) is 0 Å². The van der Waals surface area contributed by atoms with E-state index < -0.39 is 10.7 Å². The number of hydrogen-bond donors (Lipinski definition) is 2. The summed E-state index contributed by atoms with van der Waals surface area (Å²) in [5, 5.41) is 3.43. The van der Waals surface area contributed by atoms with Gasteiger partial charge < -0.3 is 10.1 Å². The first-order chi connectivity index (χ1) is 10.0. The van der Waals surface area contributed by atoms with Gasteiger partial charge in [-0.15, -0.1) is 0 Å². The number of carbonyl (C=O) groups is 1. The predicted octanol–water partition coefficient (Wildman–Crippen LogP) is 1.02. The molecule has 1 saturated heterocycles. The molecule has 5 nitrogen and oxygen atoms in total. The minimum absolute atomic E-state index is 0.00231. The lowest BCUT2D eigenvalue weighted by Gasteiger charge is -2.30. The summed E-state index contributed by atoms with van der Waals surface area (Å²) in [6.07, 6.45) is 2.51. The zero-order valence-corrected chi connectivity index (χ0v) is 13.0. The summed E-state index contributed by atoms with van der Waals surface area (Å²) in [5.74, 6) is -0.136. The van der Waals surface area contributed by atoms with Crippen LogP contribution in [0.2, 0.25) is 0 Å². The van der Waals surface area contributed by atoms with Gasteiger partial charge in [-0.3, -0.25) is 4.79 Å². The lowest BCUT2D eigenvalue weighted by molar-refractivity contribution is -0.147. The Morgan fingerprint density at radius 1 is 1.29 bits per heavy atom. The van der Waals surface area contributed by atoms with Gasteiger partial charge in [0, 0.05) is 19.4 Å². The molecule has 0 saturated carbocycles. The van der Waals surface area contributed by atoms with Crippen LogP contribution >= 0.6 is 0 Å². The van der Waals surface area contributed by atoms with E-state index in [1.807, 2.05) is 24.3 Å². The van der Waals surface area contributed by atoms with Gasteiger partial charge in [-0.05, 0) is 30.5 Å². The summed E-state index contributed by atoms with van der Waals surface area (Å²) in [5.41, 5.74) is 1.96. The van der Waals surface area contributed by atoms with E-state index in [0.29, 0.717) is 0 Å². The van der Waals surface area contributed by atoms with Gasteiger partial charge >= 0.3 is 5.97 Å². The van der Waals surface area contributed by atoms with E-state index in [0.717, 1.165) is 36.9 Å². The molecule has 2 rings (SSSR count). The standard InChI is InChI=1S/C15H21NO4S/c1-11(17)20-15-6-7-16-14(9-15)8-12-2-4-13(5-3-12)10-21(18)19/h2-5,14-16,21H,6-10H2,1H3. The topological polar surface area (TPSA) is 72.5 Å². The lowest BCUT2D eigenvalue weighted by Crippen LogP contribution is -2.42. The number of nitrogens with one attached hydrogen (secondary N) is 1. The molecule has 0 spiro atoms. The molecule has 21 heavy (non-hydrogen) atoms. The average Bonchev–Trinajstić information content (AvgIpc) is 2.40. The quantitative estimate of drug-likeness (QED) is 0.627. The van der Waals surface area contributed by atoms with Crippen molar-refractivity contribution in [2.45, 2.75) is 44.1 Å². The Kier molecular flexibility index (Phi) is 5.76. The van der Waals surface area contributed by atoms with Gasteiger partial charge in [0.25, 0.3) is 0 Å². The van der Waals surface area contributed by atoms with Crippen LogP contribution < -0.4 is 5.32 Å². The minimum Gasteiger partial charge on any atom is -0.462 e. The zero-order chi connectivity index (χ0) is 15.2. The molecule has 0 bridgehead atoms. The fraction of sp³-hybridized carbons (Fsp3) is 0.533. The summed E-state index contributed by atoms with van der Waals surface area (Å²) in [4.78, 5) is 11.0. The smallest absolute Gasteiger partial charge is 0.302 e. The van der Waals surface area contributed by atoms with Crippen LogP contribution in [0, 0.1) is 0 Å². The monoisotopic (exact) mass is 311 g/mol. The number of piperidine rings is 1. The lowest BCUT2D eigenvalue weighted by atomic mass is 9.95. The number of benzene rings is 1. The van der Waals surface area contributed by atoms with Crippen LogP contribution in [0.5, 0.6) is 0 Å². The van der Waals surface area contributed by atoms with Gasteiger partial charge in [0.1, 0.15) is 16.8 Å². The molecule has 6 heteroatoms. The van der Waals surface area contributed by atoms with E-state index in [-0.39, 0.29) is 23.9 Å². The first-order valence-electron chi connectivity index (χ1n) is 7.13. The Bertz CT molecular complexity index is 545. The van der Waals surface area contributed by atoms with Crippen LogP contribution in [-0.2, 0) is 32.4 Å². The molecule has 1 heterocycles. The third-order valence-corrected chi connectivity index (χ3v) is 4.22. The van der Waals surface area contributed by atoms with Gasteiger partial charge in [0.05, 0.1) is 5.75 Å². The van der Waals surface area contributed by atoms with Crippen LogP contribution in [0.15, 0.2) is 24.3 Å². The number of ether oxygens (including phenoxy) is 1. The molecule has 2 atom stereocenters. The van der Waals surface area contributed by atoms with Gasteiger partial charge in [0.15, 0.2) is 0 Å². The molecule has 1 N–H and O–H groups in total. The van der Waals surface area contributed by atoms with Gasteiger partial charge in [-0.25, -0.2) is 8.42 Å². The molecule has 1 aromatic carbocycles. The number of rotatable bonds is 5. The normalized spacial score (nSPS) is 22.2. The molecule has 2 unspecified atom stereocenters. The minimum atomic E-state index is -2.38. The Morgan fingerprint density at radius 3 is 2.57 bits per heavy atom. The van der Waals surface area contributed by atoms with Crippen molar-refractivity contribution in [2.24, 2.45) is 0 Å². The molecular formula is C15H21NO4S. The van der Waals surface area contributed by atoms with E-state index in [1.54, 1.807) is 0 Å². The maximum Gasteiger partial charge on any atom is 0.302 e. The van der Waals surface area contributed by atoms with E-state index >= 15 is 0 Å². The van der Waals surface area contributed by atoms with Crippen molar-refractivity contribution in [2.75, 3.05) is 6.54 Å². The molecular weight excluding hydrogens is 290 g/mol. The molecule has 116 valence electrons. The maximum absolute atomic E-state index is 11.0. The Balaban J connectivity index is 1.90. The Morgan fingerprint density at radius 2 is 1.95 bits per heavy atom. The fourth-order valence-electron chi connectivity index (χ4n) is 2.68. The van der Waals surface area contributed by atoms with E-state index in [9.17, 15) is 13.2 Å². The summed E-state index contributed by atoms with van der Waals surface area (Å²) in [6.45, 7) is 2.29. The van der Waals surface area contributed by atoms with Crippen LogP contribution in [0.25, 0.3) is 0 Å². The van der Waals surface area contributed by atoms with Crippen molar-refractivity contribution in [1.29, 1.82) is 0 Å². The second-order valence-electron chi connectivity index (χ2n) is 5.42. The second kappa shape index (κ2) is 7.56. The molecule has 1 aromatic rings. The van der Waals surface area contributed by atoms with E-state index in [1.165, 1.54) is 6.92 Å². The summed E-state index contributed by atoms with van der Waals surface area (Å²) in [7, 11) is -2.38. The number of carbonyl (C=O) groups excluding carboxylic acids is 1. The molecule has 1 aliphatic heterocycles. The van der Waals surface area contributed by atoms with Gasteiger partial charge in [0.2, 0.25) is 0 Å². The Labute approximate surface area is 126 Å². The largest absolute Gasteiger partial charge is 0.462 e. The van der Waals surface area contributed by atoms with Crippen molar-refractivity contribution in [3.63, 3.8) is 0 Å². The zero-order valence-electron chi connectivity index (χ0n) is 12.1. The predicted molar refractivity (Wildman–Crippen MR) is 80.7 cm³/mol. The van der Waals surface area contributed by atoms with Crippen LogP contribution in [-0.4, -0.2) is 33.1 Å². The maximum atomic E-state index is 11.0. The first kappa shape index (κ1) is 16.0. The molecule has 0 amide bonds. The highest BCUT2D eigenvalue weighted by atomic mass is 32.2. The molecule has 0 aromatic heterocycles. The highest BCUT2D eigenvalue weighted by Gasteiger charge is 2.23. The third kappa shape index (κ3) is 5.47. The number of esters is 1. The average molecular weight is 311 g/mol. The van der Waals surface area contributed by atoms with Crippen LogP contribution in [0.1, 0.15) is 30.9 Å². The van der Waals surface area contributed by atoms with Crippen LogP contribution in [0.3, 0.4) is 0 Å². The molecule has 1 fully saturated rings. The number of thiol groups is 1. The summed E-state index contributed by atoms with van der Waals surface area (Å²) >= 11 is 0. The molecule has 1 aliphatic rings. The van der Waals surface area contributed by atoms with E-state index in [2.05, 4.69) is 5.32 Å². The van der Waals surface area contributed by atoms with Crippen molar-refractivity contribution >= 4 is 16.7 Å². The number of hydrogen-bond acceptors (Lipinski definition) is 5. The third-order valence-electron chi connectivity index (χ3n) is 3.60. The second-order valence-corrected chi connectivity index (χ2v) is 6.40. The van der Waals surface area contributed by atoms with Crippen molar-refractivity contribution in [1.82, 2.24) is 5.32 Å². The first-order valence-corrected chi connectivity index (χ1v) is 8.49. The van der Waals surface area contributed by atoms with Gasteiger partial charge in [-0.1, -0.05) is 24.3 Å². The summed E-state index contributed by atoms with van der Waals surface area (Å²) < 4.78 is 26.6. The van der Waals surface area contributed by atoms with Crippen LogP contribution in [0.4, 0.5) is 0 Å². The fourth-order valence-corrected chi connectivity index (χ4v) is 3.19. The summed E-state index contributed by atoms with van der Waals surface area (Å²) in [6, 6.07) is 7.92. The highest BCUT2D eigenvalue weighted by molar-refractivity contribution is 7.71. The van der Waals surface area contributed by atoms with Gasteiger partial charge in [-0.2, -0.15) is 0 Å². The van der Waals surface area contributed by atoms with E-state index in [4.69, 9.17) is 4.74 Å². The highest BCUT2D eigenvalue weighted by Crippen LogP contribution is 2.17. The molecule has 0 aliphatic carbocycles.